The molecule has 5 heteroatoms. The first-order chi connectivity index (χ1) is 10.7. The van der Waals surface area contributed by atoms with E-state index in [1.54, 1.807) is 6.07 Å². The minimum absolute atomic E-state index is 0.375. The van der Waals surface area contributed by atoms with Crippen LogP contribution in [0.15, 0.2) is 53.7 Å². The number of hydrogen-bond acceptors (Lipinski definition) is 4. The Morgan fingerprint density at radius 2 is 1.82 bits per heavy atom. The molecule has 0 fully saturated rings. The predicted octanol–water partition coefficient (Wildman–Crippen LogP) is 2.14. The highest BCUT2D eigenvalue weighted by molar-refractivity contribution is 6.04. The number of nitrogens with two attached hydrogens (primary N) is 1. The summed E-state index contributed by atoms with van der Waals surface area (Å²) in [5.41, 5.74) is 9.23. The van der Waals surface area contributed by atoms with Gasteiger partial charge in [0, 0.05) is 12.0 Å². The molecule has 0 saturated carbocycles. The van der Waals surface area contributed by atoms with Crippen LogP contribution >= 0.6 is 0 Å². The van der Waals surface area contributed by atoms with Gasteiger partial charge in [0.2, 0.25) is 6.10 Å². The van der Waals surface area contributed by atoms with Crippen LogP contribution in [0.2, 0.25) is 0 Å². The molecular weight excluding hydrogens is 280 g/mol. The lowest BCUT2D eigenvalue weighted by molar-refractivity contribution is -0.127. The third-order valence-corrected chi connectivity index (χ3v) is 3.60. The van der Waals surface area contributed by atoms with Crippen molar-refractivity contribution < 1.29 is 14.4 Å². The van der Waals surface area contributed by atoms with Crippen LogP contribution in [0.1, 0.15) is 22.3 Å². The van der Waals surface area contributed by atoms with Crippen molar-refractivity contribution in [1.82, 2.24) is 0 Å². The van der Waals surface area contributed by atoms with E-state index in [4.69, 9.17) is 10.6 Å². The highest BCUT2D eigenvalue weighted by Crippen LogP contribution is 2.24. The van der Waals surface area contributed by atoms with Crippen LogP contribution in [-0.2, 0) is 9.63 Å². The maximum atomic E-state index is 11.1. The number of hydrogen-bond donors (Lipinski definition) is 1. The molecule has 2 aromatic rings. The predicted molar refractivity (Wildman–Crippen MR) is 82.5 cm³/mol. The molecule has 110 valence electrons. The first kappa shape index (κ1) is 14.0. The van der Waals surface area contributed by atoms with Crippen molar-refractivity contribution in [1.29, 1.82) is 0 Å². The van der Waals surface area contributed by atoms with E-state index >= 15 is 0 Å². The SMILES string of the molecule is NC(=O)C1CC(c2ccc(-c3ccccc3C=O)cc2)=NO1. The summed E-state index contributed by atoms with van der Waals surface area (Å²) in [6.45, 7) is 0. The van der Waals surface area contributed by atoms with E-state index in [1.165, 1.54) is 0 Å². The van der Waals surface area contributed by atoms with Crippen LogP contribution in [0.4, 0.5) is 0 Å². The normalized spacial score (nSPS) is 16.7. The molecule has 22 heavy (non-hydrogen) atoms. The van der Waals surface area contributed by atoms with E-state index in [0.29, 0.717) is 17.7 Å². The van der Waals surface area contributed by atoms with Crippen LogP contribution in [0.3, 0.4) is 0 Å². The average Bonchev–Trinajstić information content (AvgIpc) is 3.05. The molecule has 5 nitrogen and oxygen atoms in total. The van der Waals surface area contributed by atoms with Crippen molar-refractivity contribution in [2.24, 2.45) is 10.9 Å². The Kier molecular flexibility index (Phi) is 3.70. The molecule has 1 atom stereocenters. The smallest absolute Gasteiger partial charge is 0.261 e. The fraction of sp³-hybridized carbons (Fsp3) is 0.118. The Hall–Kier alpha value is -2.95. The fourth-order valence-corrected chi connectivity index (χ4v) is 2.41. The van der Waals surface area contributed by atoms with E-state index in [0.717, 1.165) is 23.0 Å². The van der Waals surface area contributed by atoms with Crippen LogP contribution < -0.4 is 5.73 Å². The maximum Gasteiger partial charge on any atom is 0.261 e. The summed E-state index contributed by atoms with van der Waals surface area (Å²) in [7, 11) is 0. The monoisotopic (exact) mass is 294 g/mol. The lowest BCUT2D eigenvalue weighted by Crippen LogP contribution is -2.28. The van der Waals surface area contributed by atoms with Gasteiger partial charge in [-0.1, -0.05) is 53.7 Å². The highest BCUT2D eigenvalue weighted by Gasteiger charge is 2.26. The Balaban J connectivity index is 1.85. The molecule has 0 bridgehead atoms. The second-order valence-corrected chi connectivity index (χ2v) is 5.02. The number of carbonyl (C=O) groups is 2. The molecule has 3 rings (SSSR count). The first-order valence-electron chi connectivity index (χ1n) is 6.86. The maximum absolute atomic E-state index is 11.1. The lowest BCUT2D eigenvalue weighted by Gasteiger charge is -2.06. The van der Waals surface area contributed by atoms with Crippen molar-refractivity contribution >= 4 is 17.9 Å². The molecule has 0 radical (unpaired) electrons. The summed E-state index contributed by atoms with van der Waals surface area (Å²) < 4.78 is 0. The number of benzene rings is 2. The minimum atomic E-state index is -0.689. The number of nitrogens with zero attached hydrogens (tertiary/aromatic N) is 1. The van der Waals surface area contributed by atoms with Crippen molar-refractivity contribution in [2.75, 3.05) is 0 Å². The molecule has 0 saturated heterocycles. The van der Waals surface area contributed by atoms with Crippen molar-refractivity contribution in [3.05, 3.63) is 59.7 Å². The Morgan fingerprint density at radius 1 is 1.14 bits per heavy atom. The zero-order chi connectivity index (χ0) is 15.5. The molecule has 1 unspecified atom stereocenters. The molecule has 1 heterocycles. The topological polar surface area (TPSA) is 81.8 Å². The molecule has 1 aliphatic rings. The van der Waals surface area contributed by atoms with Crippen LogP contribution in [-0.4, -0.2) is 24.0 Å². The number of primary amides is 1. The number of carbonyl (C=O) groups excluding carboxylic acids is 2. The van der Waals surface area contributed by atoms with Gasteiger partial charge < -0.3 is 10.6 Å². The standard InChI is InChI=1S/C17H14N2O3/c18-17(21)16-9-15(19-22-16)12-7-5-11(6-8-12)14-4-2-1-3-13(14)10-20/h1-8,10,16H,9H2,(H2,18,21). The molecule has 1 amide bonds. The van der Waals surface area contributed by atoms with E-state index in [-0.39, 0.29) is 0 Å². The lowest BCUT2D eigenvalue weighted by atomic mass is 9.97. The molecule has 2 aromatic carbocycles. The van der Waals surface area contributed by atoms with Crippen LogP contribution in [0, 0.1) is 0 Å². The molecule has 0 aromatic heterocycles. The summed E-state index contributed by atoms with van der Waals surface area (Å²) in [5.74, 6) is -0.518. The summed E-state index contributed by atoms with van der Waals surface area (Å²) in [6, 6.07) is 15.0. The Bertz CT molecular complexity index is 751. The third-order valence-electron chi connectivity index (χ3n) is 3.60. The van der Waals surface area contributed by atoms with Gasteiger partial charge in [-0.25, -0.2) is 0 Å². The van der Waals surface area contributed by atoms with Crippen LogP contribution in [0.25, 0.3) is 11.1 Å². The van der Waals surface area contributed by atoms with Gasteiger partial charge >= 0.3 is 0 Å². The summed E-state index contributed by atoms with van der Waals surface area (Å²) in [5, 5.41) is 3.90. The Morgan fingerprint density at radius 3 is 2.45 bits per heavy atom. The van der Waals surface area contributed by atoms with Crippen molar-refractivity contribution in [3.8, 4) is 11.1 Å². The first-order valence-corrected chi connectivity index (χ1v) is 6.86. The molecular formula is C17H14N2O3. The van der Waals surface area contributed by atoms with Gasteiger partial charge in [0.25, 0.3) is 5.91 Å². The van der Waals surface area contributed by atoms with Gasteiger partial charge in [0.1, 0.15) is 0 Å². The quantitative estimate of drug-likeness (QED) is 0.877. The summed E-state index contributed by atoms with van der Waals surface area (Å²) in [4.78, 5) is 27.2. The fourth-order valence-electron chi connectivity index (χ4n) is 2.41. The van der Waals surface area contributed by atoms with Gasteiger partial charge in [0.15, 0.2) is 6.29 Å². The van der Waals surface area contributed by atoms with E-state index in [9.17, 15) is 9.59 Å². The number of oxime groups is 1. The minimum Gasteiger partial charge on any atom is -0.382 e. The summed E-state index contributed by atoms with van der Waals surface area (Å²) >= 11 is 0. The van der Waals surface area contributed by atoms with Crippen molar-refractivity contribution in [3.63, 3.8) is 0 Å². The zero-order valence-corrected chi connectivity index (χ0v) is 11.7. The van der Waals surface area contributed by atoms with Gasteiger partial charge in [-0.15, -0.1) is 0 Å². The summed E-state index contributed by atoms with van der Waals surface area (Å²) in [6.07, 6.45) is 0.528. The molecule has 0 aliphatic carbocycles. The second kappa shape index (κ2) is 5.81. The van der Waals surface area contributed by atoms with E-state index < -0.39 is 12.0 Å². The van der Waals surface area contributed by atoms with E-state index in [2.05, 4.69) is 5.16 Å². The second-order valence-electron chi connectivity index (χ2n) is 5.02. The highest BCUT2D eigenvalue weighted by atomic mass is 16.6. The van der Waals surface area contributed by atoms with Gasteiger partial charge in [-0.2, -0.15) is 0 Å². The van der Waals surface area contributed by atoms with Gasteiger partial charge in [0.05, 0.1) is 5.71 Å². The molecule has 2 N–H and O–H groups in total. The van der Waals surface area contributed by atoms with Crippen LogP contribution in [0.5, 0.6) is 0 Å². The third kappa shape index (κ3) is 2.61. The number of amides is 1. The molecule has 1 aliphatic heterocycles. The number of rotatable bonds is 4. The molecule has 0 spiro atoms. The van der Waals surface area contributed by atoms with E-state index in [1.807, 2.05) is 42.5 Å². The van der Waals surface area contributed by atoms with Gasteiger partial charge in [-0.3, -0.25) is 9.59 Å². The number of aldehydes is 1. The largest absolute Gasteiger partial charge is 0.382 e. The Labute approximate surface area is 127 Å². The zero-order valence-electron chi connectivity index (χ0n) is 11.7. The average molecular weight is 294 g/mol. The van der Waals surface area contributed by atoms with Gasteiger partial charge in [-0.05, 0) is 16.7 Å². The van der Waals surface area contributed by atoms with Crippen molar-refractivity contribution in [2.45, 2.75) is 12.5 Å².